The molecule has 1 heterocycles. The summed E-state index contributed by atoms with van der Waals surface area (Å²) >= 11 is 5.98. The Kier molecular flexibility index (Phi) is 4.74. The Labute approximate surface area is 174 Å². The number of pyridine rings is 1. The Morgan fingerprint density at radius 2 is 1.93 bits per heavy atom. The maximum atomic E-state index is 14.1. The topological polar surface area (TPSA) is 85.4 Å². The highest BCUT2D eigenvalue weighted by Gasteiger charge is 2.62. The summed E-state index contributed by atoms with van der Waals surface area (Å²) in [7, 11) is 0. The molecule has 0 amide bonds. The highest BCUT2D eigenvalue weighted by atomic mass is 35.5. The van der Waals surface area contributed by atoms with E-state index in [9.17, 15) is 28.2 Å². The first kappa shape index (κ1) is 20.6. The van der Waals surface area contributed by atoms with Crippen molar-refractivity contribution in [1.29, 1.82) is 0 Å². The van der Waals surface area contributed by atoms with E-state index in [1.807, 2.05) is 0 Å². The molecule has 1 aliphatic carbocycles. The van der Waals surface area contributed by atoms with Gasteiger partial charge in [0.05, 0.1) is 16.6 Å². The number of aromatic amines is 1. The molecule has 0 fully saturated rings. The number of anilines is 1. The Morgan fingerprint density at radius 3 is 2.63 bits per heavy atom. The molecule has 0 saturated carbocycles. The molecule has 0 spiro atoms. The fourth-order valence-corrected chi connectivity index (χ4v) is 4.42. The summed E-state index contributed by atoms with van der Waals surface area (Å²) in [5.41, 5.74) is -2.33. The van der Waals surface area contributed by atoms with Crippen molar-refractivity contribution < 1.29 is 23.4 Å². The van der Waals surface area contributed by atoms with Gasteiger partial charge in [0.25, 0.3) is 0 Å². The number of phenols is 1. The fourth-order valence-electron chi connectivity index (χ4n) is 4.26. The summed E-state index contributed by atoms with van der Waals surface area (Å²) in [6.07, 6.45) is -5.60. The van der Waals surface area contributed by atoms with Crippen LogP contribution in [-0.2, 0) is 0 Å². The number of aromatic nitrogens is 1. The van der Waals surface area contributed by atoms with Crippen LogP contribution < -0.4 is 10.9 Å². The minimum absolute atomic E-state index is 0.0273. The maximum absolute atomic E-state index is 14.1. The molecule has 3 atom stereocenters. The Balaban J connectivity index is 1.93. The van der Waals surface area contributed by atoms with E-state index in [0.717, 1.165) is 0 Å². The molecule has 4 rings (SSSR count). The molecule has 158 valence electrons. The largest absolute Gasteiger partial charge is 0.506 e. The monoisotopic (exact) mass is 438 g/mol. The molecular weight excluding hydrogens is 421 g/mol. The van der Waals surface area contributed by atoms with Crippen LogP contribution in [0.2, 0.25) is 5.02 Å². The smallest absolute Gasteiger partial charge is 0.419 e. The standard InChI is InChI=1S/C21H18ClF3N2O3/c1-10-9-20(30,21(23,24)25)19(12-5-7-13(22)18(29)17(10)12)27-15-4-2-3-14-11(15)6-8-16(28)26-14/h2-8,10,19,27,29-30H,9H2,1H3,(H,26,28)/t10-,19+,20-/m0/s1. The van der Waals surface area contributed by atoms with Gasteiger partial charge in [0.15, 0.2) is 5.60 Å². The molecule has 0 bridgehead atoms. The van der Waals surface area contributed by atoms with E-state index in [1.54, 1.807) is 18.2 Å². The number of H-pyrrole nitrogens is 1. The van der Waals surface area contributed by atoms with E-state index in [1.165, 1.54) is 31.2 Å². The summed E-state index contributed by atoms with van der Waals surface area (Å²) in [5, 5.41) is 24.6. The van der Waals surface area contributed by atoms with Crippen molar-refractivity contribution in [2.45, 2.75) is 37.1 Å². The van der Waals surface area contributed by atoms with E-state index in [2.05, 4.69) is 10.3 Å². The van der Waals surface area contributed by atoms with Crippen LogP contribution in [-0.4, -0.2) is 27.0 Å². The second-order valence-corrected chi connectivity index (χ2v) is 8.00. The van der Waals surface area contributed by atoms with Gasteiger partial charge in [-0.1, -0.05) is 30.7 Å². The Hall–Kier alpha value is -2.71. The van der Waals surface area contributed by atoms with Crippen LogP contribution in [0.4, 0.5) is 18.9 Å². The number of hydrogen-bond donors (Lipinski definition) is 4. The highest BCUT2D eigenvalue weighted by molar-refractivity contribution is 6.32. The molecule has 4 N–H and O–H groups in total. The highest BCUT2D eigenvalue weighted by Crippen LogP contribution is 2.55. The molecule has 30 heavy (non-hydrogen) atoms. The van der Waals surface area contributed by atoms with E-state index in [4.69, 9.17) is 11.6 Å². The van der Waals surface area contributed by atoms with Gasteiger partial charge in [-0.15, -0.1) is 0 Å². The summed E-state index contributed by atoms with van der Waals surface area (Å²) in [4.78, 5) is 14.2. The van der Waals surface area contributed by atoms with Crippen LogP contribution in [0.15, 0.2) is 47.3 Å². The number of alkyl halides is 3. The lowest BCUT2D eigenvalue weighted by Crippen LogP contribution is -2.55. The first-order valence-corrected chi connectivity index (χ1v) is 9.59. The van der Waals surface area contributed by atoms with Gasteiger partial charge in [0, 0.05) is 22.7 Å². The van der Waals surface area contributed by atoms with Gasteiger partial charge < -0.3 is 20.5 Å². The lowest BCUT2D eigenvalue weighted by atomic mass is 9.70. The molecule has 5 nitrogen and oxygen atoms in total. The molecule has 1 aliphatic rings. The third-order valence-corrected chi connectivity index (χ3v) is 5.96. The molecular formula is C21H18ClF3N2O3. The third kappa shape index (κ3) is 3.11. The predicted octanol–water partition coefficient (Wildman–Crippen LogP) is 4.84. The number of rotatable bonds is 2. The molecule has 0 saturated heterocycles. The third-order valence-electron chi connectivity index (χ3n) is 5.66. The van der Waals surface area contributed by atoms with Crippen molar-refractivity contribution in [3.05, 3.63) is 69.0 Å². The maximum Gasteiger partial charge on any atom is 0.419 e. The number of halogens is 4. The average Bonchev–Trinajstić information content (AvgIpc) is 2.66. The number of aromatic hydroxyl groups is 1. The lowest BCUT2D eigenvalue weighted by Gasteiger charge is -2.45. The van der Waals surface area contributed by atoms with E-state index in [0.29, 0.717) is 16.6 Å². The Bertz CT molecular complexity index is 1190. The number of aliphatic hydroxyl groups is 1. The summed E-state index contributed by atoms with van der Waals surface area (Å²) in [6.45, 7) is 1.50. The quantitative estimate of drug-likeness (QED) is 0.461. The van der Waals surface area contributed by atoms with Gasteiger partial charge >= 0.3 is 6.18 Å². The fraction of sp³-hybridized carbons (Fsp3) is 0.286. The van der Waals surface area contributed by atoms with Gasteiger partial charge in [0.1, 0.15) is 5.75 Å². The van der Waals surface area contributed by atoms with Crippen molar-refractivity contribution in [2.75, 3.05) is 5.32 Å². The number of nitrogens with one attached hydrogen (secondary N) is 2. The van der Waals surface area contributed by atoms with Crippen LogP contribution >= 0.6 is 11.6 Å². The van der Waals surface area contributed by atoms with Gasteiger partial charge in [0.2, 0.25) is 5.56 Å². The van der Waals surface area contributed by atoms with E-state index < -0.39 is 30.2 Å². The van der Waals surface area contributed by atoms with Crippen molar-refractivity contribution in [3.8, 4) is 5.75 Å². The summed E-state index contributed by atoms with van der Waals surface area (Å²) in [5.74, 6) is -1.08. The molecule has 3 aromatic rings. The predicted molar refractivity (Wildman–Crippen MR) is 108 cm³/mol. The molecule has 2 aromatic carbocycles. The van der Waals surface area contributed by atoms with Gasteiger partial charge in [-0.2, -0.15) is 13.2 Å². The van der Waals surface area contributed by atoms with Crippen LogP contribution in [0.1, 0.15) is 36.4 Å². The average molecular weight is 439 g/mol. The van der Waals surface area contributed by atoms with Gasteiger partial charge in [-0.25, -0.2) is 0 Å². The summed E-state index contributed by atoms with van der Waals surface area (Å²) < 4.78 is 42.2. The van der Waals surface area contributed by atoms with Gasteiger partial charge in [-0.3, -0.25) is 4.79 Å². The number of hydrogen-bond acceptors (Lipinski definition) is 4. The molecule has 0 aliphatic heterocycles. The van der Waals surface area contributed by atoms with Crippen LogP contribution in [0.3, 0.4) is 0 Å². The number of benzene rings is 2. The second kappa shape index (κ2) is 6.92. The minimum Gasteiger partial charge on any atom is -0.506 e. The van der Waals surface area contributed by atoms with E-state index >= 15 is 0 Å². The van der Waals surface area contributed by atoms with Crippen LogP contribution in [0.5, 0.6) is 5.75 Å². The molecule has 0 radical (unpaired) electrons. The van der Waals surface area contributed by atoms with Gasteiger partial charge in [-0.05, 0) is 42.2 Å². The van der Waals surface area contributed by atoms with Crippen LogP contribution in [0, 0.1) is 0 Å². The summed E-state index contributed by atoms with van der Waals surface area (Å²) in [6, 6.07) is 8.61. The van der Waals surface area contributed by atoms with Crippen molar-refractivity contribution >= 4 is 28.2 Å². The molecule has 1 aromatic heterocycles. The minimum atomic E-state index is -4.94. The second-order valence-electron chi connectivity index (χ2n) is 7.59. The van der Waals surface area contributed by atoms with Crippen molar-refractivity contribution in [2.24, 2.45) is 0 Å². The normalized spacial score (nSPS) is 23.9. The first-order chi connectivity index (χ1) is 14.0. The lowest BCUT2D eigenvalue weighted by molar-refractivity contribution is -0.272. The SMILES string of the molecule is C[C@H]1C[C@@](O)(C(F)(F)F)[C@H](Nc2cccc3[nH]c(=O)ccc23)c2ccc(Cl)c(O)c21. The molecule has 0 unspecified atom stereocenters. The zero-order valence-corrected chi connectivity index (χ0v) is 16.5. The Morgan fingerprint density at radius 1 is 1.20 bits per heavy atom. The zero-order valence-electron chi connectivity index (χ0n) is 15.7. The van der Waals surface area contributed by atoms with Crippen molar-refractivity contribution in [3.63, 3.8) is 0 Å². The molecule has 9 heteroatoms. The van der Waals surface area contributed by atoms with E-state index in [-0.39, 0.29) is 27.5 Å². The van der Waals surface area contributed by atoms with Crippen LogP contribution in [0.25, 0.3) is 10.9 Å². The first-order valence-electron chi connectivity index (χ1n) is 9.22. The van der Waals surface area contributed by atoms with Crippen molar-refractivity contribution in [1.82, 2.24) is 4.98 Å². The number of phenolic OH excluding ortho intramolecular Hbond substituents is 1. The number of fused-ring (bicyclic) bond motifs is 2. The zero-order chi connectivity index (χ0) is 21.8.